The zero-order valence-corrected chi connectivity index (χ0v) is 10.8. The Morgan fingerprint density at radius 1 is 1.14 bits per heavy atom. The summed E-state index contributed by atoms with van der Waals surface area (Å²) in [6.07, 6.45) is 2.94. The average Bonchev–Trinajstić information content (AvgIpc) is 2.47. The van der Waals surface area contributed by atoms with Crippen molar-refractivity contribution in [2.75, 3.05) is 0 Å². The van der Waals surface area contributed by atoms with Gasteiger partial charge in [0.05, 0.1) is 4.90 Å². The van der Waals surface area contributed by atoms with Gasteiger partial charge >= 0.3 is 29.6 Å². The number of aryl methyl sites for hydroxylation is 2. The summed E-state index contributed by atoms with van der Waals surface area (Å²) in [5.41, 5.74) is 2.18. The fourth-order valence-corrected chi connectivity index (χ4v) is 2.23. The molecule has 1 aromatic rings. The first-order valence-electron chi connectivity index (χ1n) is 4.15. The van der Waals surface area contributed by atoms with Crippen molar-refractivity contribution in [3.8, 4) is 0 Å². The minimum atomic E-state index is -4.27. The number of hydrogen-bond donors (Lipinski definition) is 0. The van der Waals surface area contributed by atoms with Crippen LogP contribution in [0.2, 0.25) is 0 Å². The zero-order chi connectivity index (χ0) is 9.47. The summed E-state index contributed by atoms with van der Waals surface area (Å²) in [6.45, 7) is 0. The maximum Gasteiger partial charge on any atom is 1.00 e. The van der Waals surface area contributed by atoms with Crippen molar-refractivity contribution >= 4 is 10.1 Å². The number of benzene rings is 1. The number of hydrogen-bond acceptors (Lipinski definition) is 3. The maximum absolute atomic E-state index is 10.7. The van der Waals surface area contributed by atoms with Crippen LogP contribution in [0.15, 0.2) is 23.1 Å². The Bertz CT molecular complexity index is 439. The number of rotatable bonds is 1. The van der Waals surface area contributed by atoms with E-state index in [-0.39, 0.29) is 34.5 Å². The molecule has 0 heterocycles. The quantitative estimate of drug-likeness (QED) is 0.409. The van der Waals surface area contributed by atoms with E-state index in [9.17, 15) is 13.0 Å². The average molecular weight is 220 g/mol. The molecule has 0 fully saturated rings. The van der Waals surface area contributed by atoms with Gasteiger partial charge in [0.2, 0.25) is 0 Å². The molecule has 0 saturated heterocycles. The molecule has 14 heavy (non-hydrogen) atoms. The molecule has 2 rings (SSSR count). The van der Waals surface area contributed by atoms with Gasteiger partial charge in [-0.25, -0.2) is 8.42 Å². The minimum absolute atomic E-state index is 0. The second-order valence-corrected chi connectivity index (χ2v) is 4.62. The van der Waals surface area contributed by atoms with E-state index in [2.05, 4.69) is 0 Å². The van der Waals surface area contributed by atoms with E-state index in [1.807, 2.05) is 0 Å². The SMILES string of the molecule is O=S(=O)([O-])c1ccc2c(c1)CCC2.[Na+]. The van der Waals surface area contributed by atoms with Crippen LogP contribution in [0.1, 0.15) is 17.5 Å². The van der Waals surface area contributed by atoms with E-state index in [1.54, 1.807) is 6.07 Å². The summed E-state index contributed by atoms with van der Waals surface area (Å²) in [5, 5.41) is 0. The second kappa shape index (κ2) is 4.33. The van der Waals surface area contributed by atoms with Gasteiger partial charge in [-0.15, -0.1) is 0 Å². The molecule has 0 aliphatic heterocycles. The van der Waals surface area contributed by atoms with Gasteiger partial charge in [0.15, 0.2) is 0 Å². The van der Waals surface area contributed by atoms with E-state index in [4.69, 9.17) is 0 Å². The Hall–Kier alpha value is 0.130. The first-order valence-corrected chi connectivity index (χ1v) is 5.56. The van der Waals surface area contributed by atoms with Gasteiger partial charge in [0, 0.05) is 0 Å². The molecule has 3 nitrogen and oxygen atoms in total. The minimum Gasteiger partial charge on any atom is -0.744 e. The van der Waals surface area contributed by atoms with Crippen molar-refractivity contribution in [2.45, 2.75) is 24.2 Å². The molecule has 0 bridgehead atoms. The summed E-state index contributed by atoms with van der Waals surface area (Å²) in [6, 6.07) is 4.64. The molecule has 0 saturated carbocycles. The van der Waals surface area contributed by atoms with Crippen LogP contribution in [0, 0.1) is 0 Å². The van der Waals surface area contributed by atoms with Crippen LogP contribution in [0.3, 0.4) is 0 Å². The first kappa shape index (κ1) is 12.2. The maximum atomic E-state index is 10.7. The first-order chi connectivity index (χ1) is 6.07. The molecule has 5 heteroatoms. The topological polar surface area (TPSA) is 57.2 Å². The second-order valence-electron chi connectivity index (χ2n) is 3.24. The molecule has 0 atom stereocenters. The van der Waals surface area contributed by atoms with Gasteiger partial charge in [-0.3, -0.25) is 0 Å². The van der Waals surface area contributed by atoms with Crippen LogP contribution in [-0.2, 0) is 23.0 Å². The third-order valence-corrected chi connectivity index (χ3v) is 3.19. The van der Waals surface area contributed by atoms with Gasteiger partial charge in [0.1, 0.15) is 10.1 Å². The molecular formula is C9H9NaO3S. The largest absolute Gasteiger partial charge is 1.00 e. The Kier molecular flexibility index (Phi) is 3.77. The van der Waals surface area contributed by atoms with Crippen molar-refractivity contribution in [1.82, 2.24) is 0 Å². The fraction of sp³-hybridized carbons (Fsp3) is 0.333. The predicted octanol–water partition coefficient (Wildman–Crippen LogP) is -1.92. The molecule has 1 aromatic carbocycles. The Morgan fingerprint density at radius 2 is 1.79 bits per heavy atom. The van der Waals surface area contributed by atoms with Crippen LogP contribution in [0.25, 0.3) is 0 Å². The monoisotopic (exact) mass is 220 g/mol. The van der Waals surface area contributed by atoms with Gasteiger partial charge in [-0.2, -0.15) is 0 Å². The van der Waals surface area contributed by atoms with E-state index in [0.717, 1.165) is 24.8 Å². The number of fused-ring (bicyclic) bond motifs is 1. The normalized spacial score (nSPS) is 14.6. The summed E-state index contributed by atoms with van der Waals surface area (Å²) in [5.74, 6) is 0. The van der Waals surface area contributed by atoms with Crippen molar-refractivity contribution < 1.29 is 42.5 Å². The third-order valence-electron chi connectivity index (χ3n) is 2.36. The molecule has 0 radical (unpaired) electrons. The Balaban J connectivity index is 0.000000980. The van der Waals surface area contributed by atoms with E-state index >= 15 is 0 Å². The summed E-state index contributed by atoms with van der Waals surface area (Å²) >= 11 is 0. The molecule has 0 amide bonds. The molecule has 0 spiro atoms. The Morgan fingerprint density at radius 3 is 2.43 bits per heavy atom. The van der Waals surface area contributed by atoms with Crippen molar-refractivity contribution in [1.29, 1.82) is 0 Å². The van der Waals surface area contributed by atoms with E-state index < -0.39 is 10.1 Å². The van der Waals surface area contributed by atoms with Crippen LogP contribution in [-0.4, -0.2) is 13.0 Å². The van der Waals surface area contributed by atoms with Gasteiger partial charge in [-0.1, -0.05) is 6.07 Å². The van der Waals surface area contributed by atoms with Gasteiger partial charge in [0.25, 0.3) is 0 Å². The molecule has 0 N–H and O–H groups in total. The molecule has 0 aromatic heterocycles. The molecule has 1 aliphatic rings. The summed E-state index contributed by atoms with van der Waals surface area (Å²) < 4.78 is 32.0. The van der Waals surface area contributed by atoms with Crippen molar-refractivity contribution in [3.63, 3.8) is 0 Å². The van der Waals surface area contributed by atoms with Gasteiger partial charge < -0.3 is 4.55 Å². The molecule has 1 aliphatic carbocycles. The van der Waals surface area contributed by atoms with Gasteiger partial charge in [-0.05, 0) is 42.5 Å². The molecular weight excluding hydrogens is 211 g/mol. The van der Waals surface area contributed by atoms with Crippen LogP contribution < -0.4 is 29.6 Å². The Labute approximate surface area is 106 Å². The van der Waals surface area contributed by atoms with E-state index in [1.165, 1.54) is 17.7 Å². The van der Waals surface area contributed by atoms with Crippen molar-refractivity contribution in [2.24, 2.45) is 0 Å². The van der Waals surface area contributed by atoms with Crippen LogP contribution in [0.4, 0.5) is 0 Å². The third kappa shape index (κ3) is 2.38. The summed E-state index contributed by atoms with van der Waals surface area (Å²) in [4.78, 5) is -0.104. The van der Waals surface area contributed by atoms with Crippen molar-refractivity contribution in [3.05, 3.63) is 29.3 Å². The summed E-state index contributed by atoms with van der Waals surface area (Å²) in [7, 11) is -4.27. The standard InChI is InChI=1S/C9H10O3S.Na/c10-13(11,12)9-5-4-7-2-1-3-8(7)6-9;/h4-6H,1-3H2,(H,10,11,12);/q;+1/p-1. The van der Waals surface area contributed by atoms with E-state index in [0.29, 0.717) is 0 Å². The zero-order valence-electron chi connectivity index (χ0n) is 7.99. The molecule has 70 valence electrons. The smallest absolute Gasteiger partial charge is 0.744 e. The van der Waals surface area contributed by atoms with Crippen LogP contribution >= 0.6 is 0 Å². The van der Waals surface area contributed by atoms with Crippen LogP contribution in [0.5, 0.6) is 0 Å². The molecule has 0 unspecified atom stereocenters. The predicted molar refractivity (Wildman–Crippen MR) is 46.4 cm³/mol. The fourth-order valence-electron chi connectivity index (χ4n) is 1.70.